The summed E-state index contributed by atoms with van der Waals surface area (Å²) < 4.78 is 50.7. The number of anilines is 1. The normalized spacial score (nSPS) is 18.8. The van der Waals surface area contributed by atoms with Gasteiger partial charge in [0.1, 0.15) is 5.75 Å². The van der Waals surface area contributed by atoms with E-state index in [2.05, 4.69) is 5.10 Å². The van der Waals surface area contributed by atoms with Crippen LogP contribution in [0, 0.1) is 0 Å². The third-order valence-corrected chi connectivity index (χ3v) is 5.58. The van der Waals surface area contributed by atoms with Gasteiger partial charge < -0.3 is 9.47 Å². The largest absolute Gasteiger partial charge is 0.492 e. The lowest BCUT2D eigenvalue weighted by atomic mass is 9.92. The molecule has 0 N–H and O–H groups in total. The molecular formula is C21H24F3N3O3. The van der Waals surface area contributed by atoms with Crippen LogP contribution in [0.5, 0.6) is 5.75 Å². The summed E-state index contributed by atoms with van der Waals surface area (Å²) in [6, 6.07) is 3.89. The molecule has 1 atom stereocenters. The van der Waals surface area contributed by atoms with E-state index in [4.69, 9.17) is 9.47 Å². The van der Waals surface area contributed by atoms with Crippen LogP contribution in [0.4, 0.5) is 23.7 Å². The van der Waals surface area contributed by atoms with E-state index in [-0.39, 0.29) is 6.04 Å². The Morgan fingerprint density at radius 3 is 2.70 bits per heavy atom. The smallest absolute Gasteiger partial charge is 0.414 e. The number of hydrogen-bond acceptors (Lipinski definition) is 4. The maximum Gasteiger partial charge on any atom is 0.414 e. The Morgan fingerprint density at radius 1 is 1.27 bits per heavy atom. The van der Waals surface area contributed by atoms with Crippen LogP contribution in [0.25, 0.3) is 11.1 Å². The number of aromatic nitrogens is 2. The van der Waals surface area contributed by atoms with Gasteiger partial charge in [-0.05, 0) is 44.7 Å². The number of hydrogen-bond donors (Lipinski definition) is 0. The summed E-state index contributed by atoms with van der Waals surface area (Å²) in [5, 5.41) is 4.39. The summed E-state index contributed by atoms with van der Waals surface area (Å²) in [7, 11) is 1.31. The number of ether oxygens (including phenoxy) is 2. The van der Waals surface area contributed by atoms with E-state index >= 15 is 0 Å². The first-order valence-electron chi connectivity index (χ1n) is 10.1. The van der Waals surface area contributed by atoms with Crippen LogP contribution in [-0.4, -0.2) is 41.8 Å². The predicted molar refractivity (Wildman–Crippen MR) is 105 cm³/mol. The number of methoxy groups -OCH3 is 1. The van der Waals surface area contributed by atoms with Crippen LogP contribution < -0.4 is 9.64 Å². The molecule has 0 radical (unpaired) electrons. The zero-order valence-corrected chi connectivity index (χ0v) is 16.9. The lowest BCUT2D eigenvalue weighted by molar-refractivity contribution is -0.139. The van der Waals surface area contributed by atoms with Gasteiger partial charge >= 0.3 is 12.3 Å². The van der Waals surface area contributed by atoms with Crippen molar-refractivity contribution in [3.63, 3.8) is 0 Å². The van der Waals surface area contributed by atoms with Crippen molar-refractivity contribution < 1.29 is 27.4 Å². The monoisotopic (exact) mass is 423 g/mol. The lowest BCUT2D eigenvalue weighted by Crippen LogP contribution is -2.42. The van der Waals surface area contributed by atoms with E-state index in [0.717, 1.165) is 24.0 Å². The van der Waals surface area contributed by atoms with E-state index in [0.29, 0.717) is 35.9 Å². The average molecular weight is 423 g/mol. The van der Waals surface area contributed by atoms with Gasteiger partial charge in [-0.2, -0.15) is 18.3 Å². The van der Waals surface area contributed by atoms with Gasteiger partial charge in [0, 0.05) is 28.9 Å². The summed E-state index contributed by atoms with van der Waals surface area (Å²) in [5.74, 6) is 0.382. The summed E-state index contributed by atoms with van der Waals surface area (Å²) in [6.07, 6.45) is 1.16. The number of carbonyl (C=O) groups excluding carboxylic acids is 1. The molecule has 0 saturated heterocycles. The van der Waals surface area contributed by atoms with Gasteiger partial charge in [-0.25, -0.2) is 4.79 Å². The van der Waals surface area contributed by atoms with E-state index in [1.165, 1.54) is 12.0 Å². The zero-order chi connectivity index (χ0) is 21.5. The maximum atomic E-state index is 12.7. The Bertz CT molecular complexity index is 937. The van der Waals surface area contributed by atoms with E-state index in [1.54, 1.807) is 12.3 Å². The van der Waals surface area contributed by atoms with Crippen molar-refractivity contribution in [3.05, 3.63) is 30.1 Å². The van der Waals surface area contributed by atoms with Crippen molar-refractivity contribution in [3.8, 4) is 16.9 Å². The third-order valence-electron chi connectivity index (χ3n) is 5.58. The first-order valence-corrected chi connectivity index (χ1v) is 10.1. The van der Waals surface area contributed by atoms with E-state index in [9.17, 15) is 18.0 Å². The number of fused-ring (bicyclic) bond motifs is 1. The van der Waals surface area contributed by atoms with Crippen LogP contribution in [0.2, 0.25) is 0 Å². The molecule has 1 amide bonds. The van der Waals surface area contributed by atoms with Gasteiger partial charge in [0.05, 0.1) is 38.1 Å². The van der Waals surface area contributed by atoms with Crippen molar-refractivity contribution in [1.29, 1.82) is 0 Å². The number of amides is 1. The standard InChI is InChI=1S/C21H24F3N3O3/c1-13-3-6-17-18(27(13)20(28)29-2)8-7-16(19(17)30-10-9-21(22,23)24)14-11-25-26(12-14)15-4-5-15/h7-8,11-13,15H,3-6,9-10H2,1-2H3/t13-/m0/s1. The molecule has 1 aromatic carbocycles. The molecule has 2 aromatic rings. The second-order valence-corrected chi connectivity index (χ2v) is 7.82. The van der Waals surface area contributed by atoms with Gasteiger partial charge in [-0.3, -0.25) is 9.58 Å². The van der Waals surface area contributed by atoms with Gasteiger partial charge in [0.25, 0.3) is 0 Å². The van der Waals surface area contributed by atoms with Crippen molar-refractivity contribution in [1.82, 2.24) is 9.78 Å². The SMILES string of the molecule is COC(=O)N1c2ccc(-c3cnn(C4CC4)c3)c(OCCC(F)(F)F)c2CC[C@@H]1C. The molecule has 162 valence electrons. The highest BCUT2D eigenvalue weighted by Gasteiger charge is 2.33. The predicted octanol–water partition coefficient (Wildman–Crippen LogP) is 5.12. The molecule has 9 heteroatoms. The molecule has 1 aromatic heterocycles. The molecular weight excluding hydrogens is 399 g/mol. The number of halogens is 3. The Labute approximate surface area is 172 Å². The van der Waals surface area contributed by atoms with Gasteiger partial charge in [-0.15, -0.1) is 0 Å². The minimum absolute atomic E-state index is 0.0866. The number of carbonyl (C=O) groups is 1. The highest BCUT2D eigenvalue weighted by Crippen LogP contribution is 2.44. The minimum Gasteiger partial charge on any atom is -0.492 e. The first-order chi connectivity index (χ1) is 14.3. The second-order valence-electron chi connectivity index (χ2n) is 7.82. The van der Waals surface area contributed by atoms with Crippen molar-refractivity contribution in [2.75, 3.05) is 18.6 Å². The Morgan fingerprint density at radius 2 is 2.03 bits per heavy atom. The summed E-state index contributed by atoms with van der Waals surface area (Å²) in [4.78, 5) is 13.9. The number of rotatable bonds is 5. The maximum absolute atomic E-state index is 12.7. The van der Waals surface area contributed by atoms with E-state index in [1.807, 2.05) is 23.9 Å². The minimum atomic E-state index is -4.31. The van der Waals surface area contributed by atoms with Crippen molar-refractivity contribution >= 4 is 11.8 Å². The molecule has 6 nitrogen and oxygen atoms in total. The van der Waals surface area contributed by atoms with Crippen LogP contribution in [0.3, 0.4) is 0 Å². The fraction of sp³-hybridized carbons (Fsp3) is 0.524. The first kappa shape index (κ1) is 20.6. The molecule has 2 aliphatic rings. The average Bonchev–Trinajstić information content (AvgIpc) is 3.43. The molecule has 1 aliphatic heterocycles. The van der Waals surface area contributed by atoms with Crippen LogP contribution in [0.1, 0.15) is 44.2 Å². The summed E-state index contributed by atoms with van der Waals surface area (Å²) in [5.41, 5.74) is 2.80. The highest BCUT2D eigenvalue weighted by atomic mass is 19.4. The summed E-state index contributed by atoms with van der Waals surface area (Å²) in [6.45, 7) is 1.43. The lowest BCUT2D eigenvalue weighted by Gasteiger charge is -2.35. The van der Waals surface area contributed by atoms with Gasteiger partial charge in [0.15, 0.2) is 0 Å². The molecule has 1 saturated carbocycles. The van der Waals surface area contributed by atoms with Crippen LogP contribution in [0.15, 0.2) is 24.5 Å². The van der Waals surface area contributed by atoms with Crippen LogP contribution >= 0.6 is 0 Å². The topological polar surface area (TPSA) is 56.6 Å². The fourth-order valence-corrected chi connectivity index (χ4v) is 3.86. The Balaban J connectivity index is 1.74. The van der Waals surface area contributed by atoms with Gasteiger partial charge in [-0.1, -0.05) is 0 Å². The molecule has 1 fully saturated rings. The highest BCUT2D eigenvalue weighted by molar-refractivity contribution is 5.92. The van der Waals surface area contributed by atoms with Crippen molar-refractivity contribution in [2.24, 2.45) is 0 Å². The Hall–Kier alpha value is -2.71. The number of alkyl halides is 3. The van der Waals surface area contributed by atoms with Crippen LogP contribution in [-0.2, 0) is 11.2 Å². The molecule has 2 heterocycles. The fourth-order valence-electron chi connectivity index (χ4n) is 3.86. The molecule has 1 aliphatic carbocycles. The second kappa shape index (κ2) is 7.85. The molecule has 0 spiro atoms. The number of benzene rings is 1. The van der Waals surface area contributed by atoms with Gasteiger partial charge in [0.2, 0.25) is 0 Å². The van der Waals surface area contributed by atoms with E-state index < -0.39 is 25.3 Å². The third kappa shape index (κ3) is 4.11. The molecule has 30 heavy (non-hydrogen) atoms. The quantitative estimate of drug-likeness (QED) is 0.670. The number of nitrogens with zero attached hydrogens (tertiary/aromatic N) is 3. The molecule has 4 rings (SSSR count). The van der Waals surface area contributed by atoms with Crippen molar-refractivity contribution in [2.45, 2.75) is 57.3 Å². The molecule has 0 bridgehead atoms. The summed E-state index contributed by atoms with van der Waals surface area (Å²) >= 11 is 0. The molecule has 0 unspecified atom stereocenters. The zero-order valence-electron chi connectivity index (χ0n) is 16.9. The Kier molecular flexibility index (Phi) is 5.38.